The summed E-state index contributed by atoms with van der Waals surface area (Å²) in [6.45, 7) is 4.01. The van der Waals surface area contributed by atoms with Crippen LogP contribution in [0.4, 0.5) is 5.13 Å². The summed E-state index contributed by atoms with van der Waals surface area (Å²) < 4.78 is 0. The SMILES string of the molecule is OC1CN(Cc2ccccc2)CCN(c2nc(-c3ccccc3)cs2)C1. The van der Waals surface area contributed by atoms with Crippen LogP contribution in [0.25, 0.3) is 11.3 Å². The van der Waals surface area contributed by atoms with Crippen molar-refractivity contribution in [3.63, 3.8) is 0 Å². The molecule has 1 unspecified atom stereocenters. The van der Waals surface area contributed by atoms with Crippen molar-refractivity contribution in [3.8, 4) is 11.3 Å². The van der Waals surface area contributed by atoms with E-state index in [1.165, 1.54) is 5.56 Å². The van der Waals surface area contributed by atoms with Crippen LogP contribution in [0.3, 0.4) is 0 Å². The maximum absolute atomic E-state index is 10.5. The highest BCUT2D eigenvalue weighted by Gasteiger charge is 2.23. The van der Waals surface area contributed by atoms with Gasteiger partial charge in [0.25, 0.3) is 0 Å². The molecule has 0 bridgehead atoms. The van der Waals surface area contributed by atoms with E-state index in [2.05, 4.69) is 51.6 Å². The van der Waals surface area contributed by atoms with Crippen LogP contribution in [0, 0.1) is 0 Å². The first-order valence-corrected chi connectivity index (χ1v) is 9.86. The Morgan fingerprint density at radius 2 is 1.69 bits per heavy atom. The van der Waals surface area contributed by atoms with Crippen LogP contribution in [0.2, 0.25) is 0 Å². The van der Waals surface area contributed by atoms with E-state index in [4.69, 9.17) is 4.98 Å². The number of thiazole rings is 1. The third kappa shape index (κ3) is 4.12. The molecule has 2 heterocycles. The number of hydrogen-bond donors (Lipinski definition) is 1. The molecule has 0 amide bonds. The molecule has 0 spiro atoms. The molecular weight excluding hydrogens is 342 g/mol. The molecule has 1 aliphatic rings. The van der Waals surface area contributed by atoms with Gasteiger partial charge in [-0.05, 0) is 5.56 Å². The summed E-state index contributed by atoms with van der Waals surface area (Å²) in [6.07, 6.45) is -0.370. The Labute approximate surface area is 158 Å². The van der Waals surface area contributed by atoms with Gasteiger partial charge in [-0.2, -0.15) is 0 Å². The predicted octanol–water partition coefficient (Wildman–Crippen LogP) is 3.49. The van der Waals surface area contributed by atoms with Gasteiger partial charge >= 0.3 is 0 Å². The number of anilines is 1. The molecule has 0 saturated carbocycles. The molecule has 134 valence electrons. The van der Waals surface area contributed by atoms with Gasteiger partial charge in [0, 0.05) is 43.7 Å². The number of aromatic nitrogens is 1. The highest BCUT2D eigenvalue weighted by molar-refractivity contribution is 7.14. The molecule has 26 heavy (non-hydrogen) atoms. The number of β-amino-alcohol motifs (C(OH)–C–C–N with tert-alkyl or cyclic N) is 1. The van der Waals surface area contributed by atoms with Crippen molar-refractivity contribution in [3.05, 3.63) is 71.6 Å². The van der Waals surface area contributed by atoms with Crippen LogP contribution in [0.1, 0.15) is 5.56 Å². The molecular formula is C21H23N3OS. The zero-order valence-corrected chi connectivity index (χ0v) is 15.5. The molecule has 4 rings (SSSR count). The van der Waals surface area contributed by atoms with Gasteiger partial charge in [0.15, 0.2) is 5.13 Å². The van der Waals surface area contributed by atoms with Gasteiger partial charge in [-0.25, -0.2) is 4.98 Å². The minimum absolute atomic E-state index is 0.370. The van der Waals surface area contributed by atoms with E-state index in [1.54, 1.807) is 11.3 Å². The van der Waals surface area contributed by atoms with Gasteiger partial charge in [-0.3, -0.25) is 4.90 Å². The largest absolute Gasteiger partial charge is 0.390 e. The normalized spacial score (nSPS) is 18.7. The quantitative estimate of drug-likeness (QED) is 0.768. The molecule has 5 heteroatoms. The van der Waals surface area contributed by atoms with Crippen molar-refractivity contribution < 1.29 is 5.11 Å². The standard InChI is InChI=1S/C21H23N3OS/c25-19-14-23(13-17-7-3-1-4-8-17)11-12-24(15-19)21-22-20(16-26-21)18-9-5-2-6-10-18/h1-10,16,19,25H,11-15H2. The zero-order chi connectivity index (χ0) is 17.8. The monoisotopic (exact) mass is 365 g/mol. The maximum atomic E-state index is 10.5. The van der Waals surface area contributed by atoms with E-state index in [-0.39, 0.29) is 6.10 Å². The van der Waals surface area contributed by atoms with Crippen molar-refractivity contribution in [2.45, 2.75) is 12.6 Å². The van der Waals surface area contributed by atoms with Crippen LogP contribution in [0.5, 0.6) is 0 Å². The van der Waals surface area contributed by atoms with Crippen LogP contribution >= 0.6 is 11.3 Å². The van der Waals surface area contributed by atoms with E-state index in [0.29, 0.717) is 13.1 Å². The Balaban J connectivity index is 1.45. The average molecular weight is 366 g/mol. The number of nitrogens with zero attached hydrogens (tertiary/aromatic N) is 3. The fourth-order valence-electron chi connectivity index (χ4n) is 3.36. The van der Waals surface area contributed by atoms with Gasteiger partial charge < -0.3 is 10.0 Å². The van der Waals surface area contributed by atoms with Crippen molar-refractivity contribution in [1.29, 1.82) is 0 Å². The highest BCUT2D eigenvalue weighted by atomic mass is 32.1. The molecule has 3 aromatic rings. The van der Waals surface area contributed by atoms with Crippen molar-refractivity contribution >= 4 is 16.5 Å². The summed E-state index contributed by atoms with van der Waals surface area (Å²) in [7, 11) is 0. The number of aliphatic hydroxyl groups excluding tert-OH is 1. The van der Waals surface area contributed by atoms with Crippen LogP contribution in [-0.4, -0.2) is 47.3 Å². The van der Waals surface area contributed by atoms with Crippen LogP contribution < -0.4 is 4.90 Å². The number of rotatable bonds is 4. The summed E-state index contributed by atoms with van der Waals surface area (Å²) in [4.78, 5) is 9.34. The summed E-state index contributed by atoms with van der Waals surface area (Å²) in [5, 5.41) is 13.6. The smallest absolute Gasteiger partial charge is 0.185 e. The topological polar surface area (TPSA) is 39.6 Å². The van der Waals surface area contributed by atoms with E-state index < -0.39 is 0 Å². The summed E-state index contributed by atoms with van der Waals surface area (Å²) in [5.74, 6) is 0. The Morgan fingerprint density at radius 3 is 2.46 bits per heavy atom. The van der Waals surface area contributed by atoms with Gasteiger partial charge in [-0.15, -0.1) is 11.3 Å². The second kappa shape index (κ2) is 7.99. The van der Waals surface area contributed by atoms with Crippen LogP contribution in [0.15, 0.2) is 66.0 Å². The fraction of sp³-hybridized carbons (Fsp3) is 0.286. The molecule has 1 aliphatic heterocycles. The minimum Gasteiger partial charge on any atom is -0.390 e. The van der Waals surface area contributed by atoms with Crippen molar-refractivity contribution in [2.24, 2.45) is 0 Å². The van der Waals surface area contributed by atoms with E-state index in [9.17, 15) is 5.11 Å². The molecule has 1 N–H and O–H groups in total. The lowest BCUT2D eigenvalue weighted by Crippen LogP contribution is -2.33. The molecule has 1 fully saturated rings. The number of aliphatic hydroxyl groups is 1. The molecule has 0 aliphatic carbocycles. The summed E-state index contributed by atoms with van der Waals surface area (Å²) in [5.41, 5.74) is 3.43. The van der Waals surface area contributed by atoms with Gasteiger partial charge in [0.05, 0.1) is 11.8 Å². The Hall–Kier alpha value is -2.21. The first-order valence-electron chi connectivity index (χ1n) is 8.98. The summed E-state index contributed by atoms with van der Waals surface area (Å²) in [6, 6.07) is 20.7. The fourth-order valence-corrected chi connectivity index (χ4v) is 4.24. The Bertz CT molecular complexity index is 822. The van der Waals surface area contributed by atoms with E-state index in [0.717, 1.165) is 36.0 Å². The van der Waals surface area contributed by atoms with Gasteiger partial charge in [0.1, 0.15) is 0 Å². The lowest BCUT2D eigenvalue weighted by molar-refractivity contribution is 0.129. The molecule has 1 saturated heterocycles. The Morgan fingerprint density at radius 1 is 0.962 bits per heavy atom. The summed E-state index contributed by atoms with van der Waals surface area (Å²) >= 11 is 1.65. The third-order valence-electron chi connectivity index (χ3n) is 4.67. The number of benzene rings is 2. The van der Waals surface area contributed by atoms with E-state index in [1.807, 2.05) is 24.3 Å². The Kier molecular flexibility index (Phi) is 5.29. The molecule has 1 aromatic heterocycles. The van der Waals surface area contributed by atoms with Crippen LogP contribution in [-0.2, 0) is 6.54 Å². The second-order valence-electron chi connectivity index (χ2n) is 6.70. The number of hydrogen-bond acceptors (Lipinski definition) is 5. The zero-order valence-electron chi connectivity index (χ0n) is 14.7. The van der Waals surface area contributed by atoms with Gasteiger partial charge in [-0.1, -0.05) is 60.7 Å². The first kappa shape index (κ1) is 17.2. The first-order chi connectivity index (χ1) is 12.8. The van der Waals surface area contributed by atoms with Crippen molar-refractivity contribution in [2.75, 3.05) is 31.1 Å². The third-order valence-corrected chi connectivity index (χ3v) is 5.57. The van der Waals surface area contributed by atoms with Gasteiger partial charge in [0.2, 0.25) is 0 Å². The highest BCUT2D eigenvalue weighted by Crippen LogP contribution is 2.28. The molecule has 4 nitrogen and oxygen atoms in total. The molecule has 0 radical (unpaired) electrons. The van der Waals surface area contributed by atoms with Crippen molar-refractivity contribution in [1.82, 2.24) is 9.88 Å². The maximum Gasteiger partial charge on any atom is 0.185 e. The minimum atomic E-state index is -0.370. The van der Waals surface area contributed by atoms with E-state index >= 15 is 0 Å². The molecule has 2 aromatic carbocycles. The lowest BCUT2D eigenvalue weighted by atomic mass is 10.2. The predicted molar refractivity (Wildman–Crippen MR) is 107 cm³/mol. The molecule has 1 atom stereocenters. The second-order valence-corrected chi connectivity index (χ2v) is 7.54. The average Bonchev–Trinajstić information content (AvgIpc) is 3.09. The lowest BCUT2D eigenvalue weighted by Gasteiger charge is -2.21.